The Morgan fingerprint density at radius 1 is 1.39 bits per heavy atom. The number of anilines is 2. The number of hydrogen-bond acceptors (Lipinski definition) is 5. The lowest BCUT2D eigenvalue weighted by Gasteiger charge is -2.32. The van der Waals surface area contributed by atoms with Crippen molar-refractivity contribution in [2.45, 2.75) is 32.7 Å². The summed E-state index contributed by atoms with van der Waals surface area (Å²) in [4.78, 5) is 13.2. The minimum absolute atomic E-state index is 0.269. The van der Waals surface area contributed by atoms with Crippen LogP contribution in [0.1, 0.15) is 26.7 Å². The van der Waals surface area contributed by atoms with Crippen molar-refractivity contribution in [2.75, 3.05) is 36.0 Å². The van der Waals surface area contributed by atoms with Crippen LogP contribution in [-0.4, -0.2) is 42.2 Å². The molecule has 5 nitrogen and oxygen atoms in total. The van der Waals surface area contributed by atoms with Gasteiger partial charge < -0.3 is 15.5 Å². The van der Waals surface area contributed by atoms with Gasteiger partial charge in [0.1, 0.15) is 18.0 Å². The van der Waals surface area contributed by atoms with Crippen molar-refractivity contribution in [1.82, 2.24) is 9.97 Å². The highest BCUT2D eigenvalue weighted by Gasteiger charge is 2.18. The Hall–Kier alpha value is -1.36. The van der Waals surface area contributed by atoms with Gasteiger partial charge in [-0.15, -0.1) is 0 Å². The Balaban J connectivity index is 2.15. The van der Waals surface area contributed by atoms with Crippen LogP contribution in [0.3, 0.4) is 0 Å². The molecule has 1 saturated heterocycles. The molecular formula is C13H23N5. The van der Waals surface area contributed by atoms with Crippen molar-refractivity contribution in [1.29, 1.82) is 0 Å². The molecule has 1 aromatic rings. The summed E-state index contributed by atoms with van der Waals surface area (Å²) in [5, 5.41) is 0. The van der Waals surface area contributed by atoms with Crippen molar-refractivity contribution in [3.05, 3.63) is 12.4 Å². The van der Waals surface area contributed by atoms with Crippen LogP contribution in [0.25, 0.3) is 0 Å². The van der Waals surface area contributed by atoms with E-state index in [0.717, 1.165) is 50.7 Å². The van der Waals surface area contributed by atoms with Crippen LogP contribution < -0.4 is 15.5 Å². The van der Waals surface area contributed by atoms with Crippen molar-refractivity contribution < 1.29 is 0 Å². The number of rotatable bonds is 4. The zero-order valence-corrected chi connectivity index (χ0v) is 11.3. The third kappa shape index (κ3) is 2.90. The maximum absolute atomic E-state index is 6.02. The van der Waals surface area contributed by atoms with Gasteiger partial charge in [-0.3, -0.25) is 0 Å². The second-order valence-electron chi connectivity index (χ2n) is 4.76. The van der Waals surface area contributed by atoms with Crippen LogP contribution in [0, 0.1) is 0 Å². The number of hydrogen-bond donors (Lipinski definition) is 1. The summed E-state index contributed by atoms with van der Waals surface area (Å²) in [6.45, 7) is 8.15. The minimum Gasteiger partial charge on any atom is -0.357 e. The van der Waals surface area contributed by atoms with E-state index in [0.29, 0.717) is 0 Å². The first-order chi connectivity index (χ1) is 8.74. The highest BCUT2D eigenvalue weighted by molar-refractivity contribution is 5.50. The van der Waals surface area contributed by atoms with E-state index in [1.807, 2.05) is 0 Å². The van der Waals surface area contributed by atoms with E-state index in [2.05, 4.69) is 39.7 Å². The van der Waals surface area contributed by atoms with E-state index >= 15 is 0 Å². The standard InChI is InChI=1S/C13H23N5/c1-3-17(4-2)12-8-13(16-10-15-12)18-7-5-6-11(14)9-18/h8,10-11H,3-7,9,14H2,1-2H3/t11-/m1/s1. The SMILES string of the molecule is CCN(CC)c1cc(N2CCC[C@@H](N)C2)ncn1. The summed E-state index contributed by atoms with van der Waals surface area (Å²) in [6, 6.07) is 2.34. The first kappa shape index (κ1) is 13.1. The number of aromatic nitrogens is 2. The van der Waals surface area contributed by atoms with Crippen LogP contribution in [0.2, 0.25) is 0 Å². The molecular weight excluding hydrogens is 226 g/mol. The van der Waals surface area contributed by atoms with Gasteiger partial charge in [0.25, 0.3) is 0 Å². The fraction of sp³-hybridized carbons (Fsp3) is 0.692. The summed E-state index contributed by atoms with van der Waals surface area (Å²) in [6.07, 6.45) is 3.92. The highest BCUT2D eigenvalue weighted by Crippen LogP contribution is 2.20. The summed E-state index contributed by atoms with van der Waals surface area (Å²) in [7, 11) is 0. The molecule has 5 heteroatoms. The molecule has 1 aliphatic rings. The lowest BCUT2D eigenvalue weighted by atomic mass is 10.1. The number of nitrogens with two attached hydrogens (primary N) is 1. The van der Waals surface area contributed by atoms with E-state index in [1.54, 1.807) is 6.33 Å². The van der Waals surface area contributed by atoms with Gasteiger partial charge in [0.2, 0.25) is 0 Å². The van der Waals surface area contributed by atoms with Gasteiger partial charge in [-0.25, -0.2) is 9.97 Å². The Morgan fingerprint density at radius 2 is 2.17 bits per heavy atom. The van der Waals surface area contributed by atoms with E-state index in [-0.39, 0.29) is 6.04 Å². The van der Waals surface area contributed by atoms with Crippen LogP contribution in [0.4, 0.5) is 11.6 Å². The number of nitrogens with zero attached hydrogens (tertiary/aromatic N) is 4. The predicted molar refractivity (Wildman–Crippen MR) is 75.0 cm³/mol. The average molecular weight is 249 g/mol. The Kier molecular flexibility index (Phi) is 4.36. The predicted octanol–water partition coefficient (Wildman–Crippen LogP) is 1.25. The summed E-state index contributed by atoms with van der Waals surface area (Å²) in [5.41, 5.74) is 6.02. The molecule has 0 spiro atoms. The van der Waals surface area contributed by atoms with Gasteiger partial charge in [0, 0.05) is 38.3 Å². The van der Waals surface area contributed by atoms with Gasteiger partial charge in [-0.2, -0.15) is 0 Å². The average Bonchev–Trinajstić information content (AvgIpc) is 2.41. The Labute approximate surface area is 109 Å². The van der Waals surface area contributed by atoms with Gasteiger partial charge in [-0.1, -0.05) is 0 Å². The van der Waals surface area contributed by atoms with Gasteiger partial charge >= 0.3 is 0 Å². The molecule has 0 bridgehead atoms. The first-order valence-electron chi connectivity index (χ1n) is 6.82. The Bertz CT molecular complexity index is 377. The minimum atomic E-state index is 0.269. The zero-order chi connectivity index (χ0) is 13.0. The molecule has 2 rings (SSSR count). The van der Waals surface area contributed by atoms with E-state index in [9.17, 15) is 0 Å². The lowest BCUT2D eigenvalue weighted by Crippen LogP contribution is -2.43. The fourth-order valence-corrected chi connectivity index (χ4v) is 2.45. The highest BCUT2D eigenvalue weighted by atomic mass is 15.2. The molecule has 0 unspecified atom stereocenters. The summed E-state index contributed by atoms with van der Waals surface area (Å²) in [5.74, 6) is 2.01. The maximum atomic E-state index is 6.02. The van der Waals surface area contributed by atoms with E-state index in [1.165, 1.54) is 0 Å². The first-order valence-corrected chi connectivity index (χ1v) is 6.82. The van der Waals surface area contributed by atoms with Crippen molar-refractivity contribution in [3.8, 4) is 0 Å². The number of piperidine rings is 1. The molecule has 18 heavy (non-hydrogen) atoms. The van der Waals surface area contributed by atoms with Gasteiger partial charge in [-0.05, 0) is 26.7 Å². The second-order valence-corrected chi connectivity index (χ2v) is 4.76. The molecule has 1 aromatic heterocycles. The molecule has 2 N–H and O–H groups in total. The molecule has 1 fully saturated rings. The zero-order valence-electron chi connectivity index (χ0n) is 11.3. The molecule has 100 valence electrons. The lowest BCUT2D eigenvalue weighted by molar-refractivity contribution is 0.503. The quantitative estimate of drug-likeness (QED) is 0.870. The van der Waals surface area contributed by atoms with Crippen LogP contribution in [0.15, 0.2) is 12.4 Å². The summed E-state index contributed by atoms with van der Waals surface area (Å²) < 4.78 is 0. The second kappa shape index (κ2) is 6.00. The largest absolute Gasteiger partial charge is 0.357 e. The third-order valence-electron chi connectivity index (χ3n) is 3.51. The van der Waals surface area contributed by atoms with Crippen molar-refractivity contribution >= 4 is 11.6 Å². The molecule has 0 saturated carbocycles. The monoisotopic (exact) mass is 249 g/mol. The van der Waals surface area contributed by atoms with E-state index < -0.39 is 0 Å². The molecule has 0 radical (unpaired) electrons. The topological polar surface area (TPSA) is 58.3 Å². The van der Waals surface area contributed by atoms with Crippen molar-refractivity contribution in [3.63, 3.8) is 0 Å². The third-order valence-corrected chi connectivity index (χ3v) is 3.51. The van der Waals surface area contributed by atoms with Gasteiger partial charge in [0.05, 0.1) is 0 Å². The molecule has 0 amide bonds. The summed E-state index contributed by atoms with van der Waals surface area (Å²) >= 11 is 0. The molecule has 0 aliphatic carbocycles. The fourth-order valence-electron chi connectivity index (χ4n) is 2.45. The smallest absolute Gasteiger partial charge is 0.134 e. The van der Waals surface area contributed by atoms with Crippen LogP contribution >= 0.6 is 0 Å². The molecule has 1 aliphatic heterocycles. The maximum Gasteiger partial charge on any atom is 0.134 e. The van der Waals surface area contributed by atoms with Crippen LogP contribution in [0.5, 0.6) is 0 Å². The normalized spacial score (nSPS) is 19.9. The molecule has 1 atom stereocenters. The van der Waals surface area contributed by atoms with Crippen LogP contribution in [-0.2, 0) is 0 Å². The molecule has 0 aromatic carbocycles. The Morgan fingerprint density at radius 3 is 2.83 bits per heavy atom. The van der Waals surface area contributed by atoms with E-state index in [4.69, 9.17) is 5.73 Å². The van der Waals surface area contributed by atoms with Gasteiger partial charge in [0.15, 0.2) is 0 Å². The van der Waals surface area contributed by atoms with Crippen molar-refractivity contribution in [2.24, 2.45) is 5.73 Å². The molecule has 2 heterocycles.